The van der Waals surface area contributed by atoms with Gasteiger partial charge in [-0.15, -0.1) is 11.8 Å². The van der Waals surface area contributed by atoms with Crippen LogP contribution >= 0.6 is 11.8 Å². The minimum Gasteiger partial charge on any atom is -0.311 e. The molecule has 80 valence electrons. The largest absolute Gasteiger partial charge is 0.311 e. The Bertz CT molecular complexity index is 313. The van der Waals surface area contributed by atoms with E-state index in [4.69, 9.17) is 0 Å². The third kappa shape index (κ3) is 2.21. The molecule has 0 unspecified atom stereocenters. The summed E-state index contributed by atoms with van der Waals surface area (Å²) >= 11 is 2.07. The van der Waals surface area contributed by atoms with Gasteiger partial charge in [0.1, 0.15) is 0 Å². The van der Waals surface area contributed by atoms with Crippen molar-refractivity contribution in [2.24, 2.45) is 0 Å². The standard InChI is InChI=1S/C13H17NS/c1-2-4-12(5-3-1)15-13-8-10-6-7-11(9-13)14-10/h1-5,10-11,13-14H,6-9H2/t10-,11-/m0/s1. The van der Waals surface area contributed by atoms with Crippen molar-refractivity contribution < 1.29 is 0 Å². The van der Waals surface area contributed by atoms with Gasteiger partial charge in [0.05, 0.1) is 0 Å². The molecule has 0 saturated carbocycles. The van der Waals surface area contributed by atoms with E-state index in [2.05, 4.69) is 47.4 Å². The van der Waals surface area contributed by atoms with Crippen LogP contribution in [0.15, 0.2) is 35.2 Å². The molecule has 2 fully saturated rings. The molecule has 2 saturated heterocycles. The lowest BCUT2D eigenvalue weighted by molar-refractivity contribution is 0.415. The average molecular weight is 219 g/mol. The number of benzene rings is 1. The van der Waals surface area contributed by atoms with Crippen molar-refractivity contribution in [3.05, 3.63) is 30.3 Å². The van der Waals surface area contributed by atoms with Crippen LogP contribution in [0, 0.1) is 0 Å². The van der Waals surface area contributed by atoms with Gasteiger partial charge in [-0.1, -0.05) is 18.2 Å². The topological polar surface area (TPSA) is 12.0 Å². The highest BCUT2D eigenvalue weighted by Gasteiger charge is 2.33. The van der Waals surface area contributed by atoms with Crippen LogP contribution < -0.4 is 5.32 Å². The molecule has 2 aliphatic rings. The zero-order valence-electron chi connectivity index (χ0n) is 8.86. The summed E-state index contributed by atoms with van der Waals surface area (Å²) in [6.07, 6.45) is 5.51. The van der Waals surface area contributed by atoms with Crippen LogP contribution in [0.3, 0.4) is 0 Å². The van der Waals surface area contributed by atoms with E-state index in [1.807, 2.05) is 0 Å². The number of fused-ring (bicyclic) bond motifs is 2. The fourth-order valence-electron chi connectivity index (χ4n) is 2.79. The molecule has 2 atom stereocenters. The Hall–Kier alpha value is -0.470. The zero-order chi connectivity index (χ0) is 10.1. The van der Waals surface area contributed by atoms with Crippen molar-refractivity contribution in [1.29, 1.82) is 0 Å². The summed E-state index contributed by atoms with van der Waals surface area (Å²) in [7, 11) is 0. The molecule has 0 radical (unpaired) electrons. The van der Waals surface area contributed by atoms with E-state index in [0.717, 1.165) is 17.3 Å². The van der Waals surface area contributed by atoms with E-state index >= 15 is 0 Å². The monoisotopic (exact) mass is 219 g/mol. The van der Waals surface area contributed by atoms with E-state index in [-0.39, 0.29) is 0 Å². The van der Waals surface area contributed by atoms with Crippen LogP contribution in [0.1, 0.15) is 25.7 Å². The molecule has 0 aliphatic carbocycles. The summed E-state index contributed by atoms with van der Waals surface area (Å²) < 4.78 is 0. The Morgan fingerprint density at radius 2 is 1.67 bits per heavy atom. The van der Waals surface area contributed by atoms with Crippen LogP contribution in [-0.4, -0.2) is 17.3 Å². The minimum atomic E-state index is 0.810. The van der Waals surface area contributed by atoms with Crippen molar-refractivity contribution in [2.45, 2.75) is 47.9 Å². The van der Waals surface area contributed by atoms with Gasteiger partial charge >= 0.3 is 0 Å². The van der Waals surface area contributed by atoms with E-state index in [0.29, 0.717) is 0 Å². The highest BCUT2D eigenvalue weighted by Crippen LogP contribution is 2.36. The van der Waals surface area contributed by atoms with Crippen LogP contribution in [0.25, 0.3) is 0 Å². The molecule has 0 amide bonds. The van der Waals surface area contributed by atoms with Gasteiger partial charge in [-0.25, -0.2) is 0 Å². The van der Waals surface area contributed by atoms with Gasteiger partial charge in [-0.3, -0.25) is 0 Å². The first-order valence-electron chi connectivity index (χ1n) is 5.88. The molecule has 0 spiro atoms. The van der Waals surface area contributed by atoms with E-state index in [1.165, 1.54) is 30.6 Å². The summed E-state index contributed by atoms with van der Waals surface area (Å²) in [4.78, 5) is 1.43. The van der Waals surface area contributed by atoms with Crippen LogP contribution in [0.5, 0.6) is 0 Å². The first-order valence-corrected chi connectivity index (χ1v) is 6.76. The molecule has 1 nitrogen and oxygen atoms in total. The van der Waals surface area contributed by atoms with Crippen LogP contribution in [0.4, 0.5) is 0 Å². The minimum absolute atomic E-state index is 0.810. The lowest BCUT2D eigenvalue weighted by atomic mass is 10.1. The lowest BCUT2D eigenvalue weighted by Gasteiger charge is -2.28. The number of hydrogen-bond acceptors (Lipinski definition) is 2. The molecule has 1 aromatic rings. The molecule has 1 aromatic carbocycles. The summed E-state index contributed by atoms with van der Waals surface area (Å²) in [5.41, 5.74) is 0. The smallest absolute Gasteiger partial charge is 0.0124 e. The lowest BCUT2D eigenvalue weighted by Crippen LogP contribution is -2.39. The Morgan fingerprint density at radius 3 is 2.33 bits per heavy atom. The Morgan fingerprint density at radius 1 is 1.00 bits per heavy atom. The molecule has 2 bridgehead atoms. The highest BCUT2D eigenvalue weighted by atomic mass is 32.2. The maximum atomic E-state index is 3.69. The molecular formula is C13H17NS. The van der Waals surface area contributed by atoms with E-state index < -0.39 is 0 Å². The SMILES string of the molecule is c1ccc(SC2C[C@@H]3CC[C@@H](C2)N3)cc1. The number of rotatable bonds is 2. The van der Waals surface area contributed by atoms with Crippen molar-refractivity contribution in [2.75, 3.05) is 0 Å². The van der Waals surface area contributed by atoms with Crippen molar-refractivity contribution in [3.63, 3.8) is 0 Å². The number of nitrogens with one attached hydrogen (secondary N) is 1. The second-order valence-electron chi connectivity index (χ2n) is 4.66. The number of piperidine rings is 1. The van der Waals surface area contributed by atoms with Gasteiger partial charge in [0, 0.05) is 22.2 Å². The molecular weight excluding hydrogens is 202 g/mol. The third-order valence-electron chi connectivity index (χ3n) is 3.48. The first-order chi connectivity index (χ1) is 7.40. The fourth-order valence-corrected chi connectivity index (χ4v) is 4.15. The molecule has 15 heavy (non-hydrogen) atoms. The summed E-state index contributed by atoms with van der Waals surface area (Å²) in [6, 6.07) is 12.4. The maximum absolute atomic E-state index is 3.69. The predicted octanol–water partition coefficient (Wildman–Crippen LogP) is 3.06. The predicted molar refractivity (Wildman–Crippen MR) is 65.3 cm³/mol. The zero-order valence-corrected chi connectivity index (χ0v) is 9.67. The van der Waals surface area contributed by atoms with Crippen LogP contribution in [-0.2, 0) is 0 Å². The summed E-state index contributed by atoms with van der Waals surface area (Å²) in [5.74, 6) is 0. The number of hydrogen-bond donors (Lipinski definition) is 1. The Labute approximate surface area is 95.6 Å². The van der Waals surface area contributed by atoms with Gasteiger partial charge in [0.2, 0.25) is 0 Å². The van der Waals surface area contributed by atoms with E-state index in [9.17, 15) is 0 Å². The molecule has 1 N–H and O–H groups in total. The van der Waals surface area contributed by atoms with Crippen molar-refractivity contribution >= 4 is 11.8 Å². The maximum Gasteiger partial charge on any atom is 0.0124 e. The van der Waals surface area contributed by atoms with Crippen molar-refractivity contribution in [1.82, 2.24) is 5.32 Å². The Kier molecular flexibility index (Phi) is 2.72. The van der Waals surface area contributed by atoms with Gasteiger partial charge < -0.3 is 5.32 Å². The fraction of sp³-hybridized carbons (Fsp3) is 0.538. The third-order valence-corrected chi connectivity index (χ3v) is 4.74. The molecule has 3 rings (SSSR count). The van der Waals surface area contributed by atoms with Crippen molar-refractivity contribution in [3.8, 4) is 0 Å². The average Bonchev–Trinajstić information content (AvgIpc) is 2.60. The summed E-state index contributed by atoms with van der Waals surface area (Å²) in [5, 5.41) is 4.53. The second-order valence-corrected chi connectivity index (χ2v) is 6.04. The van der Waals surface area contributed by atoms with Gasteiger partial charge in [0.25, 0.3) is 0 Å². The second kappa shape index (κ2) is 4.18. The molecule has 2 aliphatic heterocycles. The molecule has 2 heteroatoms. The van der Waals surface area contributed by atoms with Gasteiger partial charge in [0.15, 0.2) is 0 Å². The number of thioether (sulfide) groups is 1. The quantitative estimate of drug-likeness (QED) is 0.820. The van der Waals surface area contributed by atoms with Crippen LogP contribution in [0.2, 0.25) is 0 Å². The molecule has 2 heterocycles. The van der Waals surface area contributed by atoms with Gasteiger partial charge in [-0.05, 0) is 37.8 Å². The highest BCUT2D eigenvalue weighted by molar-refractivity contribution is 8.00. The van der Waals surface area contributed by atoms with E-state index in [1.54, 1.807) is 0 Å². The molecule has 0 aromatic heterocycles. The van der Waals surface area contributed by atoms with Gasteiger partial charge in [-0.2, -0.15) is 0 Å². The normalized spacial score (nSPS) is 34.3. The Balaban J connectivity index is 1.65. The summed E-state index contributed by atoms with van der Waals surface area (Å²) in [6.45, 7) is 0. The first kappa shape index (κ1) is 9.73.